The Kier molecular flexibility index (Phi) is 7.17. The standard InChI is InChI=1S/C23H32N4OS/c1-6-12-27-21(19-10-8-7-9-11-19)25-26-23(27)29-18(5)22(28)24-20-16(3)13-15(2)14-17(20)4/h6,13-14,18-19H,1,7-12H2,2-5H3,(H,24,28)/t18-/m1/s1. The van der Waals surface area contributed by atoms with Crippen molar-refractivity contribution in [1.29, 1.82) is 0 Å². The molecular formula is C23H32N4OS. The zero-order chi connectivity index (χ0) is 21.0. The number of nitrogens with one attached hydrogen (secondary N) is 1. The van der Waals surface area contributed by atoms with Crippen LogP contribution in [0.5, 0.6) is 0 Å². The third-order valence-electron chi connectivity index (χ3n) is 5.60. The van der Waals surface area contributed by atoms with Crippen molar-refractivity contribution in [2.45, 2.75) is 82.7 Å². The fraction of sp³-hybridized carbons (Fsp3) is 0.522. The van der Waals surface area contributed by atoms with Gasteiger partial charge in [-0.3, -0.25) is 4.79 Å². The number of carbonyl (C=O) groups is 1. The quantitative estimate of drug-likeness (QED) is 0.478. The van der Waals surface area contributed by atoms with Crippen LogP contribution in [0.25, 0.3) is 0 Å². The largest absolute Gasteiger partial charge is 0.325 e. The first kappa shape index (κ1) is 21.6. The molecule has 1 aliphatic rings. The van der Waals surface area contributed by atoms with Gasteiger partial charge in [0.15, 0.2) is 5.16 Å². The van der Waals surface area contributed by atoms with Crippen LogP contribution in [-0.4, -0.2) is 25.9 Å². The molecule has 156 valence electrons. The molecule has 0 bridgehead atoms. The van der Waals surface area contributed by atoms with Crippen LogP contribution < -0.4 is 5.32 Å². The number of carbonyl (C=O) groups excluding carboxylic acids is 1. The minimum Gasteiger partial charge on any atom is -0.325 e. The number of benzene rings is 1. The van der Waals surface area contributed by atoms with Crippen molar-refractivity contribution in [2.24, 2.45) is 0 Å². The number of hydrogen-bond donors (Lipinski definition) is 1. The number of thioether (sulfide) groups is 1. The van der Waals surface area contributed by atoms with Gasteiger partial charge in [0.2, 0.25) is 5.91 Å². The molecule has 0 radical (unpaired) electrons. The van der Waals surface area contributed by atoms with Crippen LogP contribution in [-0.2, 0) is 11.3 Å². The van der Waals surface area contributed by atoms with Gasteiger partial charge in [0.25, 0.3) is 0 Å². The average molecular weight is 413 g/mol. The van der Waals surface area contributed by atoms with Gasteiger partial charge < -0.3 is 9.88 Å². The first-order chi connectivity index (χ1) is 13.9. The summed E-state index contributed by atoms with van der Waals surface area (Å²) < 4.78 is 2.14. The summed E-state index contributed by atoms with van der Waals surface area (Å²) in [7, 11) is 0. The molecule has 1 aromatic heterocycles. The molecule has 0 saturated heterocycles. The second-order valence-corrected chi connectivity index (χ2v) is 9.41. The van der Waals surface area contributed by atoms with Crippen molar-refractivity contribution in [3.05, 3.63) is 47.3 Å². The number of aryl methyl sites for hydroxylation is 3. The van der Waals surface area contributed by atoms with E-state index in [1.165, 1.54) is 49.4 Å². The summed E-state index contributed by atoms with van der Waals surface area (Å²) in [5.41, 5.74) is 4.28. The van der Waals surface area contributed by atoms with Gasteiger partial charge >= 0.3 is 0 Å². The van der Waals surface area contributed by atoms with Crippen LogP contribution in [0, 0.1) is 20.8 Å². The molecule has 0 unspecified atom stereocenters. The first-order valence-electron chi connectivity index (χ1n) is 10.5. The average Bonchev–Trinajstić information content (AvgIpc) is 3.07. The van der Waals surface area contributed by atoms with Crippen LogP contribution in [0.4, 0.5) is 5.69 Å². The molecule has 29 heavy (non-hydrogen) atoms. The van der Waals surface area contributed by atoms with Gasteiger partial charge in [-0.1, -0.05) is 54.8 Å². The molecule has 6 heteroatoms. The molecule has 1 aliphatic carbocycles. The third-order valence-corrected chi connectivity index (χ3v) is 6.68. The SMILES string of the molecule is C=CCn1c(S[C@H](C)C(=O)Nc2c(C)cc(C)cc2C)nnc1C1CCCCC1. The summed E-state index contributed by atoms with van der Waals surface area (Å²) >= 11 is 1.47. The number of anilines is 1. The fourth-order valence-electron chi connectivity index (χ4n) is 4.16. The monoisotopic (exact) mass is 412 g/mol. The molecule has 3 rings (SSSR count). The predicted octanol–water partition coefficient (Wildman–Crippen LogP) is 5.56. The highest BCUT2D eigenvalue weighted by Gasteiger charge is 2.25. The molecule has 2 aromatic rings. The lowest BCUT2D eigenvalue weighted by molar-refractivity contribution is -0.115. The Hall–Kier alpha value is -2.08. The lowest BCUT2D eigenvalue weighted by Crippen LogP contribution is -2.24. The van der Waals surface area contributed by atoms with Crippen LogP contribution >= 0.6 is 11.8 Å². The molecule has 1 fully saturated rings. The minimum atomic E-state index is -0.276. The predicted molar refractivity (Wildman–Crippen MR) is 121 cm³/mol. The van der Waals surface area contributed by atoms with Crippen molar-refractivity contribution in [2.75, 3.05) is 5.32 Å². The number of aromatic nitrogens is 3. The number of amides is 1. The Labute approximate surface area is 178 Å². The maximum absolute atomic E-state index is 12.9. The van der Waals surface area contributed by atoms with E-state index in [4.69, 9.17) is 0 Å². The van der Waals surface area contributed by atoms with Gasteiger partial charge in [-0.25, -0.2) is 0 Å². The van der Waals surface area contributed by atoms with Gasteiger partial charge in [-0.05, 0) is 51.7 Å². The van der Waals surface area contributed by atoms with E-state index < -0.39 is 0 Å². The van der Waals surface area contributed by atoms with E-state index in [1.807, 2.05) is 26.8 Å². The number of allylic oxidation sites excluding steroid dienone is 1. The van der Waals surface area contributed by atoms with Crippen LogP contribution in [0.15, 0.2) is 29.9 Å². The lowest BCUT2D eigenvalue weighted by atomic mass is 9.89. The first-order valence-corrected chi connectivity index (χ1v) is 11.4. The summed E-state index contributed by atoms with van der Waals surface area (Å²) in [5, 5.41) is 12.6. The van der Waals surface area contributed by atoms with E-state index in [1.54, 1.807) is 0 Å². The zero-order valence-corrected chi connectivity index (χ0v) is 18.8. The summed E-state index contributed by atoms with van der Waals surface area (Å²) in [6, 6.07) is 4.19. The smallest absolute Gasteiger partial charge is 0.237 e. The van der Waals surface area contributed by atoms with Gasteiger partial charge in [-0.2, -0.15) is 0 Å². The van der Waals surface area contributed by atoms with Crippen LogP contribution in [0.2, 0.25) is 0 Å². The minimum absolute atomic E-state index is 0.0163. The fourth-order valence-corrected chi connectivity index (χ4v) is 5.03. The molecule has 5 nitrogen and oxygen atoms in total. The normalized spacial score (nSPS) is 15.9. The second kappa shape index (κ2) is 9.61. The molecule has 1 aromatic carbocycles. The van der Waals surface area contributed by atoms with Gasteiger partial charge in [0.05, 0.1) is 5.25 Å². The number of nitrogens with zero attached hydrogens (tertiary/aromatic N) is 3. The molecule has 1 saturated carbocycles. The van der Waals surface area contributed by atoms with Gasteiger partial charge in [0, 0.05) is 18.2 Å². The molecule has 1 atom stereocenters. The number of rotatable bonds is 7. The topological polar surface area (TPSA) is 59.8 Å². The maximum atomic E-state index is 12.9. The Morgan fingerprint density at radius 1 is 1.24 bits per heavy atom. The van der Waals surface area contributed by atoms with E-state index >= 15 is 0 Å². The highest BCUT2D eigenvalue weighted by atomic mass is 32.2. The number of hydrogen-bond acceptors (Lipinski definition) is 4. The molecule has 1 amide bonds. The summed E-state index contributed by atoms with van der Waals surface area (Å²) in [4.78, 5) is 12.9. The molecule has 0 aliphatic heterocycles. The molecule has 0 spiro atoms. The summed E-state index contributed by atoms with van der Waals surface area (Å²) in [5.74, 6) is 1.50. The van der Waals surface area contributed by atoms with Gasteiger partial charge in [-0.15, -0.1) is 16.8 Å². The highest BCUT2D eigenvalue weighted by molar-refractivity contribution is 8.00. The van der Waals surface area contributed by atoms with Crippen molar-refractivity contribution >= 4 is 23.4 Å². The Morgan fingerprint density at radius 3 is 2.52 bits per heavy atom. The highest BCUT2D eigenvalue weighted by Crippen LogP contribution is 2.34. The van der Waals surface area contributed by atoms with E-state index in [9.17, 15) is 4.79 Å². The maximum Gasteiger partial charge on any atom is 0.237 e. The third kappa shape index (κ3) is 5.10. The van der Waals surface area contributed by atoms with Crippen LogP contribution in [0.1, 0.15) is 67.5 Å². The Bertz CT molecular complexity index is 860. The van der Waals surface area contributed by atoms with Crippen molar-refractivity contribution in [3.8, 4) is 0 Å². The van der Waals surface area contributed by atoms with Crippen molar-refractivity contribution < 1.29 is 4.79 Å². The van der Waals surface area contributed by atoms with Crippen molar-refractivity contribution in [3.63, 3.8) is 0 Å². The molecule has 1 heterocycles. The summed E-state index contributed by atoms with van der Waals surface area (Å²) in [6.45, 7) is 12.6. The Balaban J connectivity index is 1.74. The van der Waals surface area contributed by atoms with E-state index in [0.717, 1.165) is 27.8 Å². The van der Waals surface area contributed by atoms with E-state index in [2.05, 4.69) is 45.7 Å². The molecule has 1 N–H and O–H groups in total. The van der Waals surface area contributed by atoms with E-state index in [0.29, 0.717) is 12.5 Å². The summed E-state index contributed by atoms with van der Waals surface area (Å²) in [6.07, 6.45) is 8.03. The lowest BCUT2D eigenvalue weighted by Gasteiger charge is -2.21. The Morgan fingerprint density at radius 2 is 1.90 bits per heavy atom. The zero-order valence-electron chi connectivity index (χ0n) is 18.0. The molecular weight excluding hydrogens is 380 g/mol. The van der Waals surface area contributed by atoms with Crippen molar-refractivity contribution in [1.82, 2.24) is 14.8 Å². The van der Waals surface area contributed by atoms with Crippen LogP contribution in [0.3, 0.4) is 0 Å². The van der Waals surface area contributed by atoms with Gasteiger partial charge in [0.1, 0.15) is 5.82 Å². The second-order valence-electron chi connectivity index (χ2n) is 8.10. The van der Waals surface area contributed by atoms with E-state index in [-0.39, 0.29) is 11.2 Å².